The molecular formula is C10H21NS. The molecule has 0 aromatic carbocycles. The quantitative estimate of drug-likeness (QED) is 0.665. The summed E-state index contributed by atoms with van der Waals surface area (Å²) >= 11 is 2.08. The Balaban J connectivity index is 1.98. The summed E-state index contributed by atoms with van der Waals surface area (Å²) in [5.74, 6) is 1.32. The van der Waals surface area contributed by atoms with E-state index in [2.05, 4.69) is 30.5 Å². The highest BCUT2D eigenvalue weighted by Crippen LogP contribution is 2.12. The van der Waals surface area contributed by atoms with Crippen LogP contribution in [0.4, 0.5) is 0 Å². The highest BCUT2D eigenvalue weighted by Gasteiger charge is 2.09. The van der Waals surface area contributed by atoms with Gasteiger partial charge in [-0.15, -0.1) is 0 Å². The average molecular weight is 187 g/mol. The lowest BCUT2D eigenvalue weighted by Crippen LogP contribution is -2.31. The molecule has 0 aromatic heterocycles. The van der Waals surface area contributed by atoms with E-state index in [1.807, 2.05) is 0 Å². The van der Waals surface area contributed by atoms with Gasteiger partial charge < -0.3 is 4.90 Å². The number of hydrogen-bond acceptors (Lipinski definition) is 2. The minimum Gasteiger partial charge on any atom is -0.303 e. The van der Waals surface area contributed by atoms with Crippen LogP contribution < -0.4 is 0 Å². The molecule has 0 atom stereocenters. The standard InChI is InChI=1S/C10H21NS/c1-10(2)12-9-8-11-6-4-3-5-7-11/h10H,3-9H2,1-2H3. The zero-order valence-corrected chi connectivity index (χ0v) is 9.20. The predicted octanol–water partition coefficient (Wildman–Crippen LogP) is 2.61. The molecule has 0 aliphatic carbocycles. The third-order valence-electron chi connectivity index (χ3n) is 2.31. The molecule has 1 saturated heterocycles. The van der Waals surface area contributed by atoms with Gasteiger partial charge in [-0.3, -0.25) is 0 Å². The molecule has 1 heterocycles. The van der Waals surface area contributed by atoms with Gasteiger partial charge in [0.25, 0.3) is 0 Å². The van der Waals surface area contributed by atoms with Gasteiger partial charge in [0.05, 0.1) is 0 Å². The predicted molar refractivity (Wildman–Crippen MR) is 57.9 cm³/mol. The maximum Gasteiger partial charge on any atom is 0.00724 e. The molecule has 72 valence electrons. The topological polar surface area (TPSA) is 3.24 Å². The first kappa shape index (κ1) is 10.4. The minimum absolute atomic E-state index is 0.801. The van der Waals surface area contributed by atoms with Crippen molar-refractivity contribution in [1.82, 2.24) is 4.90 Å². The fraction of sp³-hybridized carbons (Fsp3) is 1.00. The lowest BCUT2D eigenvalue weighted by molar-refractivity contribution is 0.242. The SMILES string of the molecule is CC(C)SCCN1CCCCC1. The summed E-state index contributed by atoms with van der Waals surface area (Å²) in [5, 5.41) is 0.801. The highest BCUT2D eigenvalue weighted by molar-refractivity contribution is 7.99. The maximum absolute atomic E-state index is 2.61. The molecule has 0 amide bonds. The Hall–Kier alpha value is 0.310. The van der Waals surface area contributed by atoms with Crippen molar-refractivity contribution in [3.8, 4) is 0 Å². The van der Waals surface area contributed by atoms with Crippen LogP contribution in [0.2, 0.25) is 0 Å². The van der Waals surface area contributed by atoms with Gasteiger partial charge in [0, 0.05) is 12.3 Å². The molecule has 1 nitrogen and oxygen atoms in total. The molecule has 12 heavy (non-hydrogen) atoms. The van der Waals surface area contributed by atoms with Crippen molar-refractivity contribution >= 4 is 11.8 Å². The van der Waals surface area contributed by atoms with E-state index in [1.54, 1.807) is 0 Å². The number of nitrogens with zero attached hydrogens (tertiary/aromatic N) is 1. The summed E-state index contributed by atoms with van der Waals surface area (Å²) in [5.41, 5.74) is 0. The first-order valence-corrected chi connectivity index (χ1v) is 6.18. The fourth-order valence-electron chi connectivity index (χ4n) is 1.60. The van der Waals surface area contributed by atoms with Gasteiger partial charge in [0.1, 0.15) is 0 Å². The van der Waals surface area contributed by atoms with E-state index < -0.39 is 0 Å². The molecule has 0 spiro atoms. The van der Waals surface area contributed by atoms with E-state index in [0.29, 0.717) is 0 Å². The number of thioether (sulfide) groups is 1. The molecule has 0 bridgehead atoms. The molecule has 1 fully saturated rings. The summed E-state index contributed by atoms with van der Waals surface area (Å²) < 4.78 is 0. The minimum atomic E-state index is 0.801. The highest BCUT2D eigenvalue weighted by atomic mass is 32.2. The van der Waals surface area contributed by atoms with E-state index in [-0.39, 0.29) is 0 Å². The van der Waals surface area contributed by atoms with Crippen molar-refractivity contribution in [1.29, 1.82) is 0 Å². The molecule has 1 rings (SSSR count). The Labute approximate surface area is 80.9 Å². The monoisotopic (exact) mass is 187 g/mol. The zero-order chi connectivity index (χ0) is 8.81. The van der Waals surface area contributed by atoms with E-state index in [1.165, 1.54) is 44.6 Å². The van der Waals surface area contributed by atoms with Crippen molar-refractivity contribution in [2.75, 3.05) is 25.4 Å². The number of piperidine rings is 1. The zero-order valence-electron chi connectivity index (χ0n) is 8.38. The Kier molecular flexibility index (Phi) is 5.08. The van der Waals surface area contributed by atoms with Crippen LogP contribution >= 0.6 is 11.8 Å². The van der Waals surface area contributed by atoms with Crippen LogP contribution in [0.25, 0.3) is 0 Å². The van der Waals surface area contributed by atoms with E-state index in [4.69, 9.17) is 0 Å². The third-order valence-corrected chi connectivity index (χ3v) is 3.39. The maximum atomic E-state index is 2.61. The average Bonchev–Trinajstić information content (AvgIpc) is 2.05. The van der Waals surface area contributed by atoms with Gasteiger partial charge >= 0.3 is 0 Å². The molecule has 2 heteroatoms. The Morgan fingerprint density at radius 3 is 2.42 bits per heavy atom. The molecule has 1 aliphatic heterocycles. The summed E-state index contributed by atoms with van der Waals surface area (Å²) in [7, 11) is 0. The first-order valence-electron chi connectivity index (χ1n) is 5.13. The van der Waals surface area contributed by atoms with E-state index in [0.717, 1.165) is 5.25 Å². The number of hydrogen-bond donors (Lipinski definition) is 0. The van der Waals surface area contributed by atoms with Gasteiger partial charge in [-0.25, -0.2) is 0 Å². The third kappa shape index (κ3) is 4.36. The van der Waals surface area contributed by atoms with Crippen LogP contribution in [0.1, 0.15) is 33.1 Å². The van der Waals surface area contributed by atoms with Crippen LogP contribution in [0.15, 0.2) is 0 Å². The van der Waals surface area contributed by atoms with Crippen molar-refractivity contribution in [3.63, 3.8) is 0 Å². The number of likely N-dealkylation sites (tertiary alicyclic amines) is 1. The van der Waals surface area contributed by atoms with Crippen LogP contribution in [0.5, 0.6) is 0 Å². The first-order chi connectivity index (χ1) is 5.79. The second kappa shape index (κ2) is 5.87. The second-order valence-electron chi connectivity index (χ2n) is 3.82. The van der Waals surface area contributed by atoms with Gasteiger partial charge in [0.15, 0.2) is 0 Å². The largest absolute Gasteiger partial charge is 0.303 e. The van der Waals surface area contributed by atoms with Crippen molar-refractivity contribution < 1.29 is 0 Å². The Morgan fingerprint density at radius 1 is 1.17 bits per heavy atom. The fourth-order valence-corrected chi connectivity index (χ4v) is 2.44. The van der Waals surface area contributed by atoms with Gasteiger partial charge in [-0.05, 0) is 31.2 Å². The summed E-state index contributed by atoms with van der Waals surface area (Å²) in [6, 6.07) is 0. The smallest absolute Gasteiger partial charge is 0.00724 e. The Morgan fingerprint density at radius 2 is 1.83 bits per heavy atom. The molecule has 0 radical (unpaired) electrons. The summed E-state index contributed by atoms with van der Waals surface area (Å²) in [6.45, 7) is 8.56. The van der Waals surface area contributed by atoms with Crippen molar-refractivity contribution in [3.05, 3.63) is 0 Å². The molecular weight excluding hydrogens is 166 g/mol. The lowest BCUT2D eigenvalue weighted by atomic mass is 10.1. The second-order valence-corrected chi connectivity index (χ2v) is 5.51. The Bertz CT molecular complexity index is 108. The molecule has 0 aromatic rings. The van der Waals surface area contributed by atoms with Crippen molar-refractivity contribution in [2.45, 2.75) is 38.4 Å². The van der Waals surface area contributed by atoms with E-state index in [9.17, 15) is 0 Å². The van der Waals surface area contributed by atoms with Crippen LogP contribution in [0, 0.1) is 0 Å². The molecule has 1 aliphatic rings. The number of rotatable bonds is 4. The summed E-state index contributed by atoms with van der Waals surface area (Å²) in [4.78, 5) is 2.61. The van der Waals surface area contributed by atoms with Crippen LogP contribution in [-0.4, -0.2) is 35.5 Å². The van der Waals surface area contributed by atoms with E-state index >= 15 is 0 Å². The van der Waals surface area contributed by atoms with Crippen LogP contribution in [0.3, 0.4) is 0 Å². The summed E-state index contributed by atoms with van der Waals surface area (Å²) in [6.07, 6.45) is 4.30. The lowest BCUT2D eigenvalue weighted by Gasteiger charge is -2.26. The molecule has 0 N–H and O–H groups in total. The molecule has 0 unspecified atom stereocenters. The van der Waals surface area contributed by atoms with Gasteiger partial charge in [-0.1, -0.05) is 20.3 Å². The van der Waals surface area contributed by atoms with Gasteiger partial charge in [-0.2, -0.15) is 11.8 Å². The van der Waals surface area contributed by atoms with Gasteiger partial charge in [0.2, 0.25) is 0 Å². The molecule has 0 saturated carbocycles. The van der Waals surface area contributed by atoms with Crippen LogP contribution in [-0.2, 0) is 0 Å². The normalized spacial score (nSPS) is 20.2. The van der Waals surface area contributed by atoms with Crippen molar-refractivity contribution in [2.24, 2.45) is 0 Å².